The van der Waals surface area contributed by atoms with Crippen LogP contribution in [-0.4, -0.2) is 37.2 Å². The predicted molar refractivity (Wildman–Crippen MR) is 80.2 cm³/mol. The van der Waals surface area contributed by atoms with Gasteiger partial charge >= 0.3 is 5.97 Å². The second-order valence-corrected chi connectivity index (χ2v) is 5.37. The van der Waals surface area contributed by atoms with Crippen molar-refractivity contribution in [2.75, 3.05) is 14.2 Å². The van der Waals surface area contributed by atoms with Crippen molar-refractivity contribution < 1.29 is 24.2 Å². The molecule has 1 saturated carbocycles. The van der Waals surface area contributed by atoms with Crippen molar-refractivity contribution in [1.29, 1.82) is 0 Å². The Labute approximate surface area is 129 Å². The summed E-state index contributed by atoms with van der Waals surface area (Å²) in [5.41, 5.74) is 0.662. The molecule has 1 aromatic carbocycles. The second-order valence-electron chi connectivity index (χ2n) is 5.37. The molecule has 1 aliphatic carbocycles. The Bertz CT molecular complexity index is 535. The standard InChI is InChI=1S/C16H21NO5/c1-21-13-7-4-8-14(22-2)11(13)9-15(18)17-12-6-3-5-10(12)16(19)20/h4,7-8,10,12H,3,5-6,9H2,1-2H3,(H,17,18)(H,19,20)/t10-,12+/m0/s1. The first-order valence-corrected chi connectivity index (χ1v) is 7.28. The van der Waals surface area contributed by atoms with E-state index in [2.05, 4.69) is 5.32 Å². The third-order valence-corrected chi connectivity index (χ3v) is 4.05. The van der Waals surface area contributed by atoms with Gasteiger partial charge in [-0.15, -0.1) is 0 Å². The number of methoxy groups -OCH3 is 2. The fourth-order valence-electron chi connectivity index (χ4n) is 2.95. The van der Waals surface area contributed by atoms with Gasteiger partial charge in [-0.1, -0.05) is 12.5 Å². The number of rotatable bonds is 6. The molecule has 0 aromatic heterocycles. The molecule has 1 fully saturated rings. The van der Waals surface area contributed by atoms with E-state index in [-0.39, 0.29) is 18.4 Å². The van der Waals surface area contributed by atoms with Gasteiger partial charge in [-0.3, -0.25) is 9.59 Å². The maximum Gasteiger partial charge on any atom is 0.308 e. The van der Waals surface area contributed by atoms with E-state index in [1.54, 1.807) is 18.2 Å². The highest BCUT2D eigenvalue weighted by molar-refractivity contribution is 5.81. The molecular formula is C16H21NO5. The van der Waals surface area contributed by atoms with Crippen LogP contribution in [0.1, 0.15) is 24.8 Å². The summed E-state index contributed by atoms with van der Waals surface area (Å²) in [5.74, 6) is -0.409. The van der Waals surface area contributed by atoms with Gasteiger partial charge in [0.05, 0.1) is 26.6 Å². The molecule has 0 bridgehead atoms. The van der Waals surface area contributed by atoms with E-state index in [1.165, 1.54) is 14.2 Å². The summed E-state index contributed by atoms with van der Waals surface area (Å²) in [6, 6.07) is 5.02. The van der Waals surface area contributed by atoms with E-state index in [9.17, 15) is 9.59 Å². The van der Waals surface area contributed by atoms with Crippen molar-refractivity contribution in [3.63, 3.8) is 0 Å². The second kappa shape index (κ2) is 7.15. The van der Waals surface area contributed by atoms with Crippen LogP contribution >= 0.6 is 0 Å². The van der Waals surface area contributed by atoms with E-state index in [1.807, 2.05) is 0 Å². The minimum atomic E-state index is -0.849. The molecular weight excluding hydrogens is 286 g/mol. The lowest BCUT2D eigenvalue weighted by Gasteiger charge is -2.18. The number of nitrogens with one attached hydrogen (secondary N) is 1. The van der Waals surface area contributed by atoms with Crippen LogP contribution in [0.2, 0.25) is 0 Å². The molecule has 1 aliphatic rings. The van der Waals surface area contributed by atoms with Crippen LogP contribution in [0, 0.1) is 5.92 Å². The number of carboxylic acid groups (broad SMARTS) is 1. The molecule has 0 aliphatic heterocycles. The van der Waals surface area contributed by atoms with E-state index in [0.717, 1.165) is 6.42 Å². The third-order valence-electron chi connectivity index (χ3n) is 4.05. The Hall–Kier alpha value is -2.24. The van der Waals surface area contributed by atoms with Crippen molar-refractivity contribution in [2.45, 2.75) is 31.7 Å². The Morgan fingerprint density at radius 2 is 1.86 bits per heavy atom. The molecule has 1 aromatic rings. The van der Waals surface area contributed by atoms with Gasteiger partial charge in [0.25, 0.3) is 0 Å². The predicted octanol–water partition coefficient (Wildman–Crippen LogP) is 1.62. The summed E-state index contributed by atoms with van der Waals surface area (Å²) in [5, 5.41) is 12.0. The summed E-state index contributed by atoms with van der Waals surface area (Å²) in [7, 11) is 3.07. The highest BCUT2D eigenvalue weighted by Gasteiger charge is 2.34. The summed E-state index contributed by atoms with van der Waals surface area (Å²) in [6.45, 7) is 0. The van der Waals surface area contributed by atoms with Crippen molar-refractivity contribution in [1.82, 2.24) is 5.32 Å². The van der Waals surface area contributed by atoms with Crippen LogP contribution in [0.4, 0.5) is 0 Å². The molecule has 0 unspecified atom stereocenters. The first-order chi connectivity index (χ1) is 10.6. The van der Waals surface area contributed by atoms with Gasteiger partial charge in [-0.05, 0) is 25.0 Å². The number of hydrogen-bond donors (Lipinski definition) is 2. The monoisotopic (exact) mass is 307 g/mol. The van der Waals surface area contributed by atoms with Crippen LogP contribution in [0.3, 0.4) is 0 Å². The van der Waals surface area contributed by atoms with Gasteiger partial charge < -0.3 is 19.9 Å². The average Bonchev–Trinajstić information content (AvgIpc) is 2.95. The molecule has 0 saturated heterocycles. The Kier molecular flexibility index (Phi) is 5.25. The third kappa shape index (κ3) is 3.50. The largest absolute Gasteiger partial charge is 0.496 e. The number of ether oxygens (including phenoxy) is 2. The van der Waals surface area contributed by atoms with Crippen LogP contribution < -0.4 is 14.8 Å². The number of aliphatic carboxylic acids is 1. The zero-order valence-corrected chi connectivity index (χ0v) is 12.8. The van der Waals surface area contributed by atoms with Crippen molar-refractivity contribution in [3.05, 3.63) is 23.8 Å². The van der Waals surface area contributed by atoms with E-state index in [0.29, 0.717) is 29.9 Å². The first kappa shape index (κ1) is 16.1. The normalized spacial score (nSPS) is 20.5. The number of amides is 1. The maximum absolute atomic E-state index is 12.3. The molecule has 6 heteroatoms. The Morgan fingerprint density at radius 3 is 2.41 bits per heavy atom. The average molecular weight is 307 g/mol. The molecule has 2 atom stereocenters. The summed E-state index contributed by atoms with van der Waals surface area (Å²) in [6.07, 6.45) is 2.22. The summed E-state index contributed by atoms with van der Waals surface area (Å²) >= 11 is 0. The van der Waals surface area contributed by atoms with Crippen molar-refractivity contribution in [3.8, 4) is 11.5 Å². The first-order valence-electron chi connectivity index (χ1n) is 7.28. The van der Waals surface area contributed by atoms with E-state index < -0.39 is 11.9 Å². The van der Waals surface area contributed by atoms with Gasteiger partial charge in [0, 0.05) is 11.6 Å². The molecule has 22 heavy (non-hydrogen) atoms. The number of carbonyl (C=O) groups excluding carboxylic acids is 1. The van der Waals surface area contributed by atoms with Crippen LogP contribution in [0.25, 0.3) is 0 Å². The summed E-state index contributed by atoms with van der Waals surface area (Å²) < 4.78 is 10.5. The highest BCUT2D eigenvalue weighted by Crippen LogP contribution is 2.29. The molecule has 2 N–H and O–H groups in total. The van der Waals surface area contributed by atoms with Gasteiger partial charge in [0.2, 0.25) is 5.91 Å². The van der Waals surface area contributed by atoms with Crippen LogP contribution in [0.5, 0.6) is 11.5 Å². The molecule has 0 radical (unpaired) electrons. The zero-order valence-electron chi connectivity index (χ0n) is 12.8. The fraction of sp³-hybridized carbons (Fsp3) is 0.500. The molecule has 120 valence electrons. The van der Waals surface area contributed by atoms with Gasteiger partial charge in [0.1, 0.15) is 11.5 Å². The van der Waals surface area contributed by atoms with Gasteiger partial charge in [0.15, 0.2) is 0 Å². The molecule has 6 nitrogen and oxygen atoms in total. The van der Waals surface area contributed by atoms with Gasteiger partial charge in [-0.25, -0.2) is 0 Å². The van der Waals surface area contributed by atoms with Gasteiger partial charge in [-0.2, -0.15) is 0 Å². The number of benzene rings is 1. The maximum atomic E-state index is 12.3. The van der Waals surface area contributed by atoms with Crippen molar-refractivity contribution in [2.24, 2.45) is 5.92 Å². The zero-order chi connectivity index (χ0) is 16.1. The Balaban J connectivity index is 2.08. The quantitative estimate of drug-likeness (QED) is 0.834. The number of carbonyl (C=O) groups is 2. The lowest BCUT2D eigenvalue weighted by Crippen LogP contribution is -2.40. The smallest absolute Gasteiger partial charge is 0.308 e. The fourth-order valence-corrected chi connectivity index (χ4v) is 2.95. The van der Waals surface area contributed by atoms with Crippen molar-refractivity contribution >= 4 is 11.9 Å². The van der Waals surface area contributed by atoms with E-state index >= 15 is 0 Å². The molecule has 0 heterocycles. The number of hydrogen-bond acceptors (Lipinski definition) is 4. The lowest BCUT2D eigenvalue weighted by molar-refractivity contribution is -0.142. The highest BCUT2D eigenvalue weighted by atomic mass is 16.5. The lowest BCUT2D eigenvalue weighted by atomic mass is 10.0. The molecule has 2 rings (SSSR count). The molecule has 1 amide bonds. The topological polar surface area (TPSA) is 84.9 Å². The Morgan fingerprint density at radius 1 is 1.23 bits per heavy atom. The van der Waals surface area contributed by atoms with Crippen LogP contribution in [0.15, 0.2) is 18.2 Å². The SMILES string of the molecule is COc1cccc(OC)c1CC(=O)N[C@@H]1CCC[C@@H]1C(=O)O. The van der Waals surface area contributed by atoms with E-state index in [4.69, 9.17) is 14.6 Å². The minimum Gasteiger partial charge on any atom is -0.496 e. The minimum absolute atomic E-state index is 0.0933. The molecule has 0 spiro atoms. The van der Waals surface area contributed by atoms with Crippen LogP contribution in [-0.2, 0) is 16.0 Å². The number of carboxylic acids is 1. The summed E-state index contributed by atoms with van der Waals surface area (Å²) in [4.78, 5) is 23.4.